The van der Waals surface area contributed by atoms with Gasteiger partial charge in [0, 0.05) is 32.7 Å². The molecule has 1 aromatic carbocycles. The summed E-state index contributed by atoms with van der Waals surface area (Å²) < 4.78 is 11.2. The van der Waals surface area contributed by atoms with Crippen LogP contribution in [0.25, 0.3) is 0 Å². The summed E-state index contributed by atoms with van der Waals surface area (Å²) in [6, 6.07) is 8.02. The highest BCUT2D eigenvalue weighted by atomic mass is 16.5. The van der Waals surface area contributed by atoms with Crippen molar-refractivity contribution >= 4 is 5.91 Å². The maximum absolute atomic E-state index is 12.2. The Balaban J connectivity index is 1.68. The van der Waals surface area contributed by atoms with Crippen molar-refractivity contribution in [2.45, 2.75) is 33.4 Å². The van der Waals surface area contributed by atoms with Crippen LogP contribution in [-0.2, 0) is 16.1 Å². The Morgan fingerprint density at radius 2 is 2.11 bits per heavy atom. The summed E-state index contributed by atoms with van der Waals surface area (Å²) in [6.07, 6.45) is 0.0814. The Kier molecular flexibility index (Phi) is 9.04. The summed E-state index contributed by atoms with van der Waals surface area (Å²) >= 11 is 0. The molecule has 1 aliphatic heterocycles. The predicted molar refractivity (Wildman–Crippen MR) is 108 cm³/mol. The Hall–Kier alpha value is -1.63. The normalized spacial score (nSPS) is 18.1. The molecule has 0 aliphatic carbocycles. The van der Waals surface area contributed by atoms with Crippen LogP contribution >= 0.6 is 0 Å². The smallest absolute Gasteiger partial charge is 0.234 e. The Bertz CT molecular complexity index is 562. The molecule has 152 valence electrons. The lowest BCUT2D eigenvalue weighted by Gasteiger charge is -2.34. The van der Waals surface area contributed by atoms with E-state index in [1.54, 1.807) is 0 Å². The van der Waals surface area contributed by atoms with Gasteiger partial charge in [0.15, 0.2) is 0 Å². The number of rotatable bonds is 10. The molecule has 0 spiro atoms. The van der Waals surface area contributed by atoms with Crippen molar-refractivity contribution in [3.05, 3.63) is 29.8 Å². The zero-order valence-corrected chi connectivity index (χ0v) is 17.2. The predicted octanol–water partition coefficient (Wildman–Crippen LogP) is 1.99. The Labute approximate surface area is 163 Å². The quantitative estimate of drug-likeness (QED) is 0.676. The minimum Gasteiger partial charge on any atom is -0.494 e. The third kappa shape index (κ3) is 8.28. The number of hydrogen-bond acceptors (Lipinski definition) is 5. The van der Waals surface area contributed by atoms with Gasteiger partial charge in [-0.3, -0.25) is 14.6 Å². The summed E-state index contributed by atoms with van der Waals surface area (Å²) in [6.45, 7) is 12.5. The molecule has 6 heteroatoms. The van der Waals surface area contributed by atoms with E-state index in [1.165, 1.54) is 0 Å². The van der Waals surface area contributed by atoms with E-state index in [0.29, 0.717) is 25.6 Å². The second kappa shape index (κ2) is 11.3. The van der Waals surface area contributed by atoms with Crippen LogP contribution in [0.2, 0.25) is 0 Å². The summed E-state index contributed by atoms with van der Waals surface area (Å²) in [5, 5.41) is 3.02. The van der Waals surface area contributed by atoms with Gasteiger partial charge in [-0.2, -0.15) is 0 Å². The Morgan fingerprint density at radius 3 is 2.78 bits per heavy atom. The van der Waals surface area contributed by atoms with E-state index in [9.17, 15) is 4.79 Å². The van der Waals surface area contributed by atoms with Crippen molar-refractivity contribution in [2.24, 2.45) is 5.92 Å². The zero-order chi connectivity index (χ0) is 19.6. The van der Waals surface area contributed by atoms with Crippen molar-refractivity contribution in [2.75, 3.05) is 53.0 Å². The molecule has 6 nitrogen and oxygen atoms in total. The van der Waals surface area contributed by atoms with Gasteiger partial charge in [0.25, 0.3) is 0 Å². The van der Waals surface area contributed by atoms with Crippen molar-refractivity contribution < 1.29 is 14.3 Å². The van der Waals surface area contributed by atoms with Crippen molar-refractivity contribution in [3.63, 3.8) is 0 Å². The molecule has 1 fully saturated rings. The van der Waals surface area contributed by atoms with E-state index in [0.717, 1.165) is 44.1 Å². The molecule has 0 radical (unpaired) electrons. The molecule has 1 unspecified atom stereocenters. The van der Waals surface area contributed by atoms with Gasteiger partial charge in [-0.1, -0.05) is 26.0 Å². The molecule has 1 heterocycles. The summed E-state index contributed by atoms with van der Waals surface area (Å²) in [5.41, 5.74) is 1.16. The highest BCUT2D eigenvalue weighted by molar-refractivity contribution is 5.78. The van der Waals surface area contributed by atoms with Gasteiger partial charge in [-0.15, -0.1) is 0 Å². The maximum atomic E-state index is 12.2. The number of morpholine rings is 1. The first-order valence-corrected chi connectivity index (χ1v) is 9.97. The van der Waals surface area contributed by atoms with Gasteiger partial charge in [-0.25, -0.2) is 0 Å². The number of hydrogen-bond donors (Lipinski definition) is 1. The average Bonchev–Trinajstić information content (AvgIpc) is 2.61. The third-order valence-electron chi connectivity index (χ3n) is 4.47. The first-order valence-electron chi connectivity index (χ1n) is 9.97. The van der Waals surface area contributed by atoms with Crippen LogP contribution in [0.1, 0.15) is 26.3 Å². The molecule has 1 aliphatic rings. The fourth-order valence-electron chi connectivity index (χ4n) is 3.34. The minimum atomic E-state index is 0.0352. The molecule has 1 aromatic rings. The zero-order valence-electron chi connectivity index (χ0n) is 17.2. The van der Waals surface area contributed by atoms with Crippen LogP contribution in [0.4, 0.5) is 0 Å². The van der Waals surface area contributed by atoms with Gasteiger partial charge < -0.3 is 14.8 Å². The van der Waals surface area contributed by atoms with Crippen LogP contribution in [0, 0.1) is 5.92 Å². The number of amides is 1. The highest BCUT2D eigenvalue weighted by Gasteiger charge is 2.21. The molecule has 0 bridgehead atoms. The first-order chi connectivity index (χ1) is 13.0. The summed E-state index contributed by atoms with van der Waals surface area (Å²) in [4.78, 5) is 16.7. The molecule has 27 heavy (non-hydrogen) atoms. The molecular weight excluding hydrogens is 342 g/mol. The molecule has 2 rings (SSSR count). The van der Waals surface area contributed by atoms with E-state index in [1.807, 2.05) is 43.1 Å². The number of benzene rings is 1. The lowest BCUT2D eigenvalue weighted by atomic mass is 10.2. The Morgan fingerprint density at radius 1 is 1.37 bits per heavy atom. The summed E-state index contributed by atoms with van der Waals surface area (Å²) in [5.74, 6) is 1.56. The summed E-state index contributed by atoms with van der Waals surface area (Å²) in [7, 11) is 1.96. The van der Waals surface area contributed by atoms with E-state index in [2.05, 4.69) is 24.1 Å². The van der Waals surface area contributed by atoms with E-state index in [4.69, 9.17) is 9.47 Å². The monoisotopic (exact) mass is 377 g/mol. The molecule has 1 saturated heterocycles. The van der Waals surface area contributed by atoms with Crippen LogP contribution in [0.15, 0.2) is 24.3 Å². The van der Waals surface area contributed by atoms with Gasteiger partial charge in [0.2, 0.25) is 5.91 Å². The number of nitrogens with one attached hydrogen (secondary N) is 1. The molecule has 0 aromatic heterocycles. The molecular formula is C21H35N3O3. The highest BCUT2D eigenvalue weighted by Crippen LogP contribution is 2.13. The lowest BCUT2D eigenvalue weighted by Crippen LogP contribution is -2.49. The number of likely N-dealkylation sites (N-methyl/N-ethyl adjacent to an activating group) is 1. The number of carbonyl (C=O) groups is 1. The third-order valence-corrected chi connectivity index (χ3v) is 4.47. The van der Waals surface area contributed by atoms with Crippen molar-refractivity contribution in [1.82, 2.24) is 15.1 Å². The SMILES string of the molecule is CCOc1ccc(CN(C)CC(=O)NCC2CN(CC(C)C)CCO2)cc1. The molecule has 1 atom stereocenters. The van der Waals surface area contributed by atoms with Crippen LogP contribution in [0.3, 0.4) is 0 Å². The lowest BCUT2D eigenvalue weighted by molar-refractivity contribution is -0.123. The first kappa shape index (κ1) is 21.7. The standard InChI is InChI=1S/C21H35N3O3/c1-5-26-19-8-6-18(7-9-19)14-23(4)16-21(25)22-12-20-15-24(10-11-27-20)13-17(2)3/h6-9,17,20H,5,10-16H2,1-4H3,(H,22,25). The maximum Gasteiger partial charge on any atom is 0.234 e. The van der Waals surface area contributed by atoms with Gasteiger partial charge in [0.05, 0.1) is 25.9 Å². The van der Waals surface area contributed by atoms with Gasteiger partial charge >= 0.3 is 0 Å². The molecule has 1 N–H and O–H groups in total. The molecule has 1 amide bonds. The molecule has 0 saturated carbocycles. The number of ether oxygens (including phenoxy) is 2. The fraction of sp³-hybridized carbons (Fsp3) is 0.667. The second-order valence-corrected chi connectivity index (χ2v) is 7.70. The fourth-order valence-corrected chi connectivity index (χ4v) is 3.34. The van der Waals surface area contributed by atoms with Crippen molar-refractivity contribution in [1.29, 1.82) is 0 Å². The second-order valence-electron chi connectivity index (χ2n) is 7.70. The van der Waals surface area contributed by atoms with Gasteiger partial charge in [-0.05, 0) is 37.6 Å². The largest absolute Gasteiger partial charge is 0.494 e. The topological polar surface area (TPSA) is 54.0 Å². The minimum absolute atomic E-state index is 0.0352. The van der Waals surface area contributed by atoms with Crippen LogP contribution < -0.4 is 10.1 Å². The number of nitrogens with zero attached hydrogens (tertiary/aromatic N) is 2. The van der Waals surface area contributed by atoms with Crippen LogP contribution in [-0.4, -0.2) is 74.8 Å². The van der Waals surface area contributed by atoms with E-state index < -0.39 is 0 Å². The van der Waals surface area contributed by atoms with E-state index in [-0.39, 0.29) is 12.0 Å². The van der Waals surface area contributed by atoms with Crippen LogP contribution in [0.5, 0.6) is 5.75 Å². The van der Waals surface area contributed by atoms with Crippen molar-refractivity contribution in [3.8, 4) is 5.75 Å². The van der Waals surface area contributed by atoms with Gasteiger partial charge in [0.1, 0.15) is 5.75 Å². The average molecular weight is 378 g/mol. The number of carbonyl (C=O) groups excluding carboxylic acids is 1. The van der Waals surface area contributed by atoms with E-state index >= 15 is 0 Å².